The van der Waals surface area contributed by atoms with Crippen molar-refractivity contribution in [2.45, 2.75) is 50.4 Å². The van der Waals surface area contributed by atoms with Crippen molar-refractivity contribution in [3.63, 3.8) is 0 Å². The van der Waals surface area contributed by atoms with Gasteiger partial charge in [0.2, 0.25) is 5.91 Å². The second-order valence-electron chi connectivity index (χ2n) is 8.84. The molecule has 0 aliphatic heterocycles. The number of aromatic nitrogens is 2. The van der Waals surface area contributed by atoms with Crippen molar-refractivity contribution >= 4 is 34.0 Å². The highest BCUT2D eigenvalue weighted by Crippen LogP contribution is 2.41. The first-order valence-electron chi connectivity index (χ1n) is 11.3. The zero-order valence-corrected chi connectivity index (χ0v) is 20.5. The van der Waals surface area contributed by atoms with Crippen LogP contribution in [0.2, 0.25) is 0 Å². The SMILES string of the molecule is C[C@H]1CCc2c(sc(NC(=O)CSc3nc4c(c(C(F)(F)F)n3)CCc3ccccc3-4)c2C#N)C1. The van der Waals surface area contributed by atoms with Crippen LogP contribution < -0.4 is 5.32 Å². The number of fused-ring (bicyclic) bond motifs is 4. The van der Waals surface area contributed by atoms with Crippen LogP contribution in [0.4, 0.5) is 18.2 Å². The molecule has 0 bridgehead atoms. The van der Waals surface area contributed by atoms with Crippen molar-refractivity contribution in [2.24, 2.45) is 5.92 Å². The molecule has 3 aromatic rings. The Morgan fingerprint density at radius 3 is 2.80 bits per heavy atom. The van der Waals surface area contributed by atoms with Crippen LogP contribution in [0.1, 0.15) is 46.2 Å². The number of carbonyl (C=O) groups excluding carboxylic acids is 1. The molecule has 0 spiro atoms. The summed E-state index contributed by atoms with van der Waals surface area (Å²) in [5.41, 5.74) is 2.56. The van der Waals surface area contributed by atoms with Gasteiger partial charge < -0.3 is 5.32 Å². The summed E-state index contributed by atoms with van der Waals surface area (Å²) in [5, 5.41) is 12.8. The minimum atomic E-state index is -4.62. The normalized spacial score (nSPS) is 16.6. The lowest BCUT2D eigenvalue weighted by Gasteiger charge is -2.22. The molecule has 5 rings (SSSR count). The highest BCUT2D eigenvalue weighted by molar-refractivity contribution is 7.99. The van der Waals surface area contributed by atoms with Gasteiger partial charge in [0.05, 0.1) is 17.0 Å². The monoisotopic (exact) mass is 514 g/mol. The Morgan fingerprint density at radius 1 is 1.23 bits per heavy atom. The van der Waals surface area contributed by atoms with Gasteiger partial charge in [-0.3, -0.25) is 4.79 Å². The van der Waals surface area contributed by atoms with Gasteiger partial charge in [-0.2, -0.15) is 18.4 Å². The number of nitrogens with one attached hydrogen (secondary N) is 1. The Morgan fingerprint density at radius 2 is 2.03 bits per heavy atom. The second kappa shape index (κ2) is 9.28. The number of thioether (sulfide) groups is 1. The number of nitriles is 1. The first-order valence-corrected chi connectivity index (χ1v) is 13.1. The first-order chi connectivity index (χ1) is 16.7. The molecule has 0 saturated heterocycles. The zero-order chi connectivity index (χ0) is 24.7. The van der Waals surface area contributed by atoms with E-state index in [1.165, 1.54) is 11.3 Å². The van der Waals surface area contributed by atoms with E-state index in [2.05, 4.69) is 28.3 Å². The number of nitrogens with zero attached hydrogens (tertiary/aromatic N) is 3. The van der Waals surface area contributed by atoms with Crippen LogP contribution in [-0.2, 0) is 36.7 Å². The highest BCUT2D eigenvalue weighted by Gasteiger charge is 2.39. The van der Waals surface area contributed by atoms with E-state index in [-0.39, 0.29) is 28.6 Å². The fourth-order valence-corrected chi connectivity index (χ4v) is 6.72. The lowest BCUT2D eigenvalue weighted by Crippen LogP contribution is -2.19. The molecule has 0 radical (unpaired) electrons. The van der Waals surface area contributed by atoms with E-state index in [0.717, 1.165) is 47.0 Å². The molecule has 0 fully saturated rings. The number of halogens is 3. The maximum Gasteiger partial charge on any atom is 0.433 e. The molecule has 0 saturated carbocycles. The highest BCUT2D eigenvalue weighted by atomic mass is 32.2. The van der Waals surface area contributed by atoms with Gasteiger partial charge in [-0.05, 0) is 49.1 Å². The molecule has 180 valence electrons. The predicted molar refractivity (Wildman–Crippen MR) is 129 cm³/mol. The molecule has 0 unspecified atom stereocenters. The molecule has 2 heterocycles. The van der Waals surface area contributed by atoms with Crippen LogP contribution in [0.15, 0.2) is 29.4 Å². The summed E-state index contributed by atoms with van der Waals surface area (Å²) in [6, 6.07) is 9.49. The van der Waals surface area contributed by atoms with Crippen molar-refractivity contribution in [1.29, 1.82) is 5.26 Å². The molecule has 1 amide bonds. The van der Waals surface area contributed by atoms with Gasteiger partial charge in [0.25, 0.3) is 0 Å². The van der Waals surface area contributed by atoms with Gasteiger partial charge in [0, 0.05) is 16.0 Å². The number of aryl methyl sites for hydroxylation is 1. The molecule has 2 aliphatic rings. The Labute approximate surface area is 208 Å². The number of rotatable bonds is 4. The van der Waals surface area contributed by atoms with Gasteiger partial charge in [-0.15, -0.1) is 11.3 Å². The lowest BCUT2D eigenvalue weighted by molar-refractivity contribution is -0.142. The summed E-state index contributed by atoms with van der Waals surface area (Å²) in [7, 11) is 0. The van der Waals surface area contributed by atoms with E-state index >= 15 is 0 Å². The van der Waals surface area contributed by atoms with E-state index in [1.807, 2.05) is 12.1 Å². The van der Waals surface area contributed by atoms with Crippen LogP contribution in [0.5, 0.6) is 0 Å². The number of alkyl halides is 3. The van der Waals surface area contributed by atoms with E-state index < -0.39 is 17.8 Å². The zero-order valence-electron chi connectivity index (χ0n) is 18.8. The summed E-state index contributed by atoms with van der Waals surface area (Å²) >= 11 is 2.27. The van der Waals surface area contributed by atoms with E-state index in [9.17, 15) is 23.2 Å². The first kappa shape index (κ1) is 23.8. The largest absolute Gasteiger partial charge is 0.433 e. The minimum absolute atomic E-state index is 0.0947. The summed E-state index contributed by atoms with van der Waals surface area (Å²) in [6.07, 6.45) is -1.22. The fraction of sp³-hybridized carbons (Fsp3) is 0.360. The van der Waals surface area contributed by atoms with Crippen molar-refractivity contribution < 1.29 is 18.0 Å². The molecule has 2 aromatic heterocycles. The van der Waals surface area contributed by atoms with Crippen molar-refractivity contribution in [3.8, 4) is 17.3 Å². The van der Waals surface area contributed by atoms with E-state index in [4.69, 9.17) is 0 Å². The van der Waals surface area contributed by atoms with Crippen LogP contribution in [-0.4, -0.2) is 21.6 Å². The summed E-state index contributed by atoms with van der Waals surface area (Å²) < 4.78 is 41.5. The van der Waals surface area contributed by atoms with Crippen LogP contribution >= 0.6 is 23.1 Å². The topological polar surface area (TPSA) is 78.7 Å². The predicted octanol–water partition coefficient (Wildman–Crippen LogP) is 6.05. The number of hydrogen-bond donors (Lipinski definition) is 1. The van der Waals surface area contributed by atoms with Crippen LogP contribution in [0, 0.1) is 17.2 Å². The average molecular weight is 515 g/mol. The van der Waals surface area contributed by atoms with Gasteiger partial charge in [-0.25, -0.2) is 9.97 Å². The third kappa shape index (κ3) is 4.67. The smallest absolute Gasteiger partial charge is 0.316 e. The molecule has 1 atom stereocenters. The van der Waals surface area contributed by atoms with Crippen molar-refractivity contribution in [3.05, 3.63) is 57.1 Å². The quantitative estimate of drug-likeness (QED) is 0.339. The number of anilines is 1. The van der Waals surface area contributed by atoms with Gasteiger partial charge in [0.1, 0.15) is 11.1 Å². The second-order valence-corrected chi connectivity index (χ2v) is 10.9. The van der Waals surface area contributed by atoms with Crippen molar-refractivity contribution in [2.75, 3.05) is 11.1 Å². The van der Waals surface area contributed by atoms with Crippen LogP contribution in [0.25, 0.3) is 11.3 Å². The molecule has 1 N–H and O–H groups in total. The number of amides is 1. The standard InChI is InChI=1S/C25H21F3N4OS2/c1-13-6-8-16-18(11-29)23(35-19(16)10-13)30-20(33)12-34-24-31-21-15-5-3-2-4-14(15)7-9-17(21)22(32-24)25(26,27)28/h2-5,13H,6-10,12H2,1H3,(H,30,33)/t13-/m0/s1. The molecule has 10 heteroatoms. The number of carbonyl (C=O) groups is 1. The molecule has 2 aliphatic carbocycles. The Bertz CT molecular complexity index is 1360. The molecular formula is C25H21F3N4OS2. The maximum atomic E-state index is 13.8. The van der Waals surface area contributed by atoms with Crippen molar-refractivity contribution in [1.82, 2.24) is 9.97 Å². The molecule has 5 nitrogen and oxygen atoms in total. The third-order valence-electron chi connectivity index (χ3n) is 6.38. The number of thiophene rings is 1. The molecule has 35 heavy (non-hydrogen) atoms. The minimum Gasteiger partial charge on any atom is -0.316 e. The van der Waals surface area contributed by atoms with Gasteiger partial charge in [-0.1, -0.05) is 43.0 Å². The molecule has 1 aromatic carbocycles. The maximum absolute atomic E-state index is 13.8. The Kier molecular flexibility index (Phi) is 6.32. The lowest BCUT2D eigenvalue weighted by atomic mass is 9.88. The average Bonchev–Trinajstić information content (AvgIpc) is 3.17. The molecular weight excluding hydrogens is 493 g/mol. The van der Waals surface area contributed by atoms with Gasteiger partial charge >= 0.3 is 6.18 Å². The Balaban J connectivity index is 1.38. The van der Waals surface area contributed by atoms with Crippen LogP contribution in [0.3, 0.4) is 0 Å². The summed E-state index contributed by atoms with van der Waals surface area (Å²) in [6.45, 7) is 2.16. The number of benzene rings is 1. The Hall–Kier alpha value is -2.90. The van der Waals surface area contributed by atoms with Gasteiger partial charge in [0.15, 0.2) is 10.9 Å². The van der Waals surface area contributed by atoms with E-state index in [1.54, 1.807) is 12.1 Å². The number of hydrogen-bond acceptors (Lipinski definition) is 6. The third-order valence-corrected chi connectivity index (χ3v) is 8.40. The summed E-state index contributed by atoms with van der Waals surface area (Å²) in [4.78, 5) is 22.0. The summed E-state index contributed by atoms with van der Waals surface area (Å²) in [5.74, 6) is -0.0453. The fourth-order valence-electron chi connectivity index (χ4n) is 4.70. The van der Waals surface area contributed by atoms with E-state index in [0.29, 0.717) is 28.5 Å².